The Morgan fingerprint density at radius 1 is 1.32 bits per heavy atom. The van der Waals surface area contributed by atoms with E-state index < -0.39 is 0 Å². The van der Waals surface area contributed by atoms with Gasteiger partial charge >= 0.3 is 0 Å². The van der Waals surface area contributed by atoms with Gasteiger partial charge in [0.1, 0.15) is 5.82 Å². The van der Waals surface area contributed by atoms with Gasteiger partial charge in [-0.1, -0.05) is 6.07 Å². The van der Waals surface area contributed by atoms with Gasteiger partial charge in [0.25, 0.3) is 0 Å². The molecule has 0 radical (unpaired) electrons. The first-order chi connectivity index (χ1) is 9.11. The second-order valence-electron chi connectivity index (χ2n) is 4.07. The van der Waals surface area contributed by atoms with Gasteiger partial charge < -0.3 is 5.73 Å². The Labute approximate surface area is 124 Å². The zero-order valence-corrected chi connectivity index (χ0v) is 12.2. The lowest BCUT2D eigenvalue weighted by Crippen LogP contribution is -2.16. The Bertz CT molecular complexity index is 616. The molecule has 0 amide bonds. The molecule has 0 fully saturated rings. The highest BCUT2D eigenvalue weighted by molar-refractivity contribution is 14.1. The normalized spacial score (nSPS) is 10.5. The van der Waals surface area contributed by atoms with Gasteiger partial charge in [0, 0.05) is 27.9 Å². The highest BCUT2D eigenvalue weighted by Crippen LogP contribution is 2.18. The van der Waals surface area contributed by atoms with E-state index in [1.54, 1.807) is 18.3 Å². The van der Waals surface area contributed by atoms with Gasteiger partial charge in [-0.25, -0.2) is 4.39 Å². The van der Waals surface area contributed by atoms with Gasteiger partial charge in [0.05, 0.1) is 6.54 Å². The molecule has 1 heterocycles. The van der Waals surface area contributed by atoms with Gasteiger partial charge in [0.2, 0.25) is 0 Å². The number of nitrogens with zero attached hydrogens (tertiary/aromatic N) is 1. The third-order valence-electron chi connectivity index (χ3n) is 2.79. The second kappa shape index (κ2) is 6.21. The zero-order chi connectivity index (χ0) is 13.8. The van der Waals surface area contributed by atoms with E-state index in [-0.39, 0.29) is 18.1 Å². The molecule has 0 saturated heterocycles. The summed E-state index contributed by atoms with van der Waals surface area (Å²) >= 11 is 2.05. The molecule has 0 aliphatic heterocycles. The number of carbonyl (C=O) groups excluding carboxylic acids is 1. The quantitative estimate of drug-likeness (QED) is 0.665. The number of nitrogens with two attached hydrogens (primary N) is 1. The number of rotatable bonds is 4. The van der Waals surface area contributed by atoms with Crippen molar-refractivity contribution >= 4 is 28.4 Å². The fourth-order valence-corrected chi connectivity index (χ4v) is 2.27. The van der Waals surface area contributed by atoms with E-state index in [4.69, 9.17) is 5.73 Å². The fraction of sp³-hybridized carbons (Fsp3) is 0.143. The van der Waals surface area contributed by atoms with Crippen LogP contribution in [0, 0.1) is 9.39 Å². The van der Waals surface area contributed by atoms with Gasteiger partial charge in [-0.2, -0.15) is 0 Å². The Balaban J connectivity index is 2.35. The van der Waals surface area contributed by atoms with Crippen LogP contribution < -0.4 is 5.73 Å². The molecule has 0 unspecified atom stereocenters. The summed E-state index contributed by atoms with van der Waals surface area (Å²) in [6.45, 7) is -0.0633. The van der Waals surface area contributed by atoms with E-state index in [2.05, 4.69) is 27.6 Å². The number of aromatic nitrogens is 1. The van der Waals surface area contributed by atoms with Crippen molar-refractivity contribution in [3.8, 4) is 0 Å². The van der Waals surface area contributed by atoms with Gasteiger partial charge in [-0.05, 0) is 51.9 Å². The number of hydrogen-bond acceptors (Lipinski definition) is 3. The highest BCUT2D eigenvalue weighted by atomic mass is 127. The largest absolute Gasteiger partial charge is 0.324 e. The fourth-order valence-electron chi connectivity index (χ4n) is 1.82. The third kappa shape index (κ3) is 3.36. The van der Waals surface area contributed by atoms with Crippen LogP contribution in [-0.4, -0.2) is 17.3 Å². The number of hydrogen-bond donors (Lipinski definition) is 1. The summed E-state index contributed by atoms with van der Waals surface area (Å²) in [5, 5.41) is 0. The summed E-state index contributed by atoms with van der Waals surface area (Å²) in [4.78, 5) is 15.7. The minimum absolute atomic E-state index is 0.0633. The summed E-state index contributed by atoms with van der Waals surface area (Å²) in [7, 11) is 0. The summed E-state index contributed by atoms with van der Waals surface area (Å²) in [6.07, 6.45) is 3.45. The first-order valence-electron chi connectivity index (χ1n) is 5.72. The summed E-state index contributed by atoms with van der Waals surface area (Å²) in [5.74, 6) is -0.440. The maximum Gasteiger partial charge on any atom is 0.176 e. The maximum absolute atomic E-state index is 13.8. The molecule has 2 rings (SSSR count). The standard InChI is InChI=1S/C14H12FIN2O/c15-13-6-11(16)2-1-9(13)5-10-8-18-4-3-12(10)14(19)7-17/h1-4,6,8H,5,7,17H2. The van der Waals surface area contributed by atoms with Crippen molar-refractivity contribution in [1.82, 2.24) is 4.98 Å². The number of carbonyl (C=O) groups is 1. The summed E-state index contributed by atoms with van der Waals surface area (Å²) in [6, 6.07) is 6.65. The highest BCUT2D eigenvalue weighted by Gasteiger charge is 2.12. The Kier molecular flexibility index (Phi) is 4.60. The molecule has 0 atom stereocenters. The van der Waals surface area contributed by atoms with E-state index in [9.17, 15) is 9.18 Å². The Hall–Kier alpha value is -1.34. The number of Topliss-reactive ketones (excluding diaryl/α,β-unsaturated/α-hetero) is 1. The predicted octanol–water partition coefficient (Wildman–Crippen LogP) is 2.56. The van der Waals surface area contributed by atoms with E-state index in [0.717, 1.165) is 3.57 Å². The van der Waals surface area contributed by atoms with Gasteiger partial charge in [0.15, 0.2) is 5.78 Å². The molecule has 1 aromatic heterocycles. The Morgan fingerprint density at radius 3 is 2.79 bits per heavy atom. The van der Waals surface area contributed by atoms with E-state index in [1.807, 2.05) is 6.07 Å². The third-order valence-corrected chi connectivity index (χ3v) is 3.46. The van der Waals surface area contributed by atoms with Crippen LogP contribution in [0.5, 0.6) is 0 Å². The molecule has 0 aliphatic carbocycles. The lowest BCUT2D eigenvalue weighted by molar-refractivity contribution is 0.100. The molecule has 5 heteroatoms. The van der Waals surface area contributed by atoms with Crippen molar-refractivity contribution in [3.05, 3.63) is 62.7 Å². The number of ketones is 1. The van der Waals surface area contributed by atoms with Crippen LogP contribution in [0.2, 0.25) is 0 Å². The van der Waals surface area contributed by atoms with Crippen molar-refractivity contribution in [1.29, 1.82) is 0 Å². The van der Waals surface area contributed by atoms with Crippen LogP contribution in [0.4, 0.5) is 4.39 Å². The van der Waals surface area contributed by atoms with E-state index in [0.29, 0.717) is 23.1 Å². The van der Waals surface area contributed by atoms with Crippen molar-refractivity contribution in [3.63, 3.8) is 0 Å². The predicted molar refractivity (Wildman–Crippen MR) is 79.5 cm³/mol. The molecule has 0 spiro atoms. The monoisotopic (exact) mass is 370 g/mol. The van der Waals surface area contributed by atoms with Gasteiger partial charge in [-0.3, -0.25) is 9.78 Å². The van der Waals surface area contributed by atoms with E-state index in [1.165, 1.54) is 12.3 Å². The molecule has 0 saturated carbocycles. The van der Waals surface area contributed by atoms with Crippen LogP contribution in [0.1, 0.15) is 21.5 Å². The van der Waals surface area contributed by atoms with Crippen molar-refractivity contribution < 1.29 is 9.18 Å². The second-order valence-corrected chi connectivity index (χ2v) is 5.32. The smallest absolute Gasteiger partial charge is 0.176 e. The topological polar surface area (TPSA) is 56.0 Å². The minimum atomic E-state index is -0.276. The van der Waals surface area contributed by atoms with Crippen LogP contribution in [0.3, 0.4) is 0 Å². The lowest BCUT2D eigenvalue weighted by atomic mass is 9.99. The van der Waals surface area contributed by atoms with Crippen LogP contribution in [0.15, 0.2) is 36.7 Å². The van der Waals surface area contributed by atoms with Crippen molar-refractivity contribution in [2.75, 3.05) is 6.54 Å². The molecule has 3 nitrogen and oxygen atoms in total. The average Bonchev–Trinajstić information content (AvgIpc) is 2.41. The zero-order valence-electron chi connectivity index (χ0n) is 10.1. The lowest BCUT2D eigenvalue weighted by Gasteiger charge is -2.08. The molecule has 0 aliphatic rings. The summed E-state index contributed by atoms with van der Waals surface area (Å²) < 4.78 is 14.7. The van der Waals surface area contributed by atoms with E-state index >= 15 is 0 Å². The molecule has 2 N–H and O–H groups in total. The van der Waals surface area contributed by atoms with Crippen molar-refractivity contribution in [2.24, 2.45) is 5.73 Å². The first kappa shape index (κ1) is 14.1. The van der Waals surface area contributed by atoms with Crippen LogP contribution >= 0.6 is 22.6 Å². The number of pyridine rings is 1. The Morgan fingerprint density at radius 2 is 2.11 bits per heavy atom. The van der Waals surface area contributed by atoms with Gasteiger partial charge in [-0.15, -0.1) is 0 Å². The van der Waals surface area contributed by atoms with Crippen LogP contribution in [-0.2, 0) is 6.42 Å². The molecular formula is C14H12FIN2O. The molecular weight excluding hydrogens is 358 g/mol. The van der Waals surface area contributed by atoms with Crippen molar-refractivity contribution in [2.45, 2.75) is 6.42 Å². The first-order valence-corrected chi connectivity index (χ1v) is 6.79. The maximum atomic E-state index is 13.8. The molecule has 0 bridgehead atoms. The molecule has 1 aromatic carbocycles. The average molecular weight is 370 g/mol. The van der Waals surface area contributed by atoms with Crippen LogP contribution in [0.25, 0.3) is 0 Å². The minimum Gasteiger partial charge on any atom is -0.324 e. The molecule has 98 valence electrons. The summed E-state index contributed by atoms with van der Waals surface area (Å²) in [5.41, 5.74) is 7.11. The number of halogens is 2. The SMILES string of the molecule is NCC(=O)c1ccncc1Cc1ccc(I)cc1F. The number of benzene rings is 1. The molecule has 19 heavy (non-hydrogen) atoms. The molecule has 2 aromatic rings.